The lowest BCUT2D eigenvalue weighted by atomic mass is 10.2. The molecule has 0 saturated carbocycles. The monoisotopic (exact) mass is 308 g/mol. The molecule has 0 fully saturated rings. The molecule has 0 atom stereocenters. The Balaban J connectivity index is 1.80. The number of hydrogen-bond acceptors (Lipinski definition) is 4. The molecule has 4 aromatic heterocycles. The molecule has 108 valence electrons. The van der Waals surface area contributed by atoms with Crippen LogP contribution >= 0.6 is 11.3 Å². The first-order valence-electron chi connectivity index (χ1n) is 6.81. The largest absolute Gasteiger partial charge is 0.306 e. The number of aromatic nitrogens is 4. The predicted octanol–water partition coefficient (Wildman–Crippen LogP) is 3.11. The van der Waals surface area contributed by atoms with E-state index in [1.807, 2.05) is 53.3 Å². The molecular weight excluding hydrogens is 296 g/mol. The topological polar surface area (TPSA) is 63.1 Å². The molecule has 6 heteroatoms. The molecule has 0 aromatic carbocycles. The Morgan fingerprint density at radius 2 is 2.23 bits per heavy atom. The van der Waals surface area contributed by atoms with Gasteiger partial charge in [0.2, 0.25) is 0 Å². The van der Waals surface area contributed by atoms with Gasteiger partial charge in [-0.3, -0.25) is 4.79 Å². The lowest BCUT2D eigenvalue weighted by molar-refractivity contribution is 1.14. The van der Waals surface area contributed by atoms with E-state index in [0.717, 1.165) is 21.7 Å². The zero-order chi connectivity index (χ0) is 15.1. The molecule has 0 spiro atoms. The zero-order valence-electron chi connectivity index (χ0n) is 11.8. The van der Waals surface area contributed by atoms with Gasteiger partial charge >= 0.3 is 0 Å². The summed E-state index contributed by atoms with van der Waals surface area (Å²) in [5.41, 5.74) is 2.73. The number of rotatable bonds is 2. The summed E-state index contributed by atoms with van der Waals surface area (Å²) >= 11 is 1.49. The number of thiophene rings is 1. The normalized spacial score (nSPS) is 11.9. The molecule has 1 N–H and O–H groups in total. The highest BCUT2D eigenvalue weighted by atomic mass is 32.1. The number of pyridine rings is 1. The summed E-state index contributed by atoms with van der Waals surface area (Å²) in [5.74, 6) is 0.552. The van der Waals surface area contributed by atoms with Crippen molar-refractivity contribution in [3.05, 3.63) is 63.4 Å². The molecule has 4 rings (SSSR count). The van der Waals surface area contributed by atoms with Gasteiger partial charge in [0.1, 0.15) is 16.3 Å². The van der Waals surface area contributed by atoms with Crippen molar-refractivity contribution >= 4 is 39.4 Å². The SMILES string of the molecule is Cc1csc2nc(C=Cc3cccc4nccn34)[nH]c(=O)c12. The number of nitrogens with one attached hydrogen (secondary N) is 1. The van der Waals surface area contributed by atoms with Gasteiger partial charge in [-0.25, -0.2) is 9.97 Å². The molecule has 0 saturated heterocycles. The summed E-state index contributed by atoms with van der Waals surface area (Å²) in [6, 6.07) is 5.87. The van der Waals surface area contributed by atoms with Gasteiger partial charge in [-0.2, -0.15) is 0 Å². The molecule has 4 aromatic rings. The maximum atomic E-state index is 12.1. The summed E-state index contributed by atoms with van der Waals surface area (Å²) in [5, 5.41) is 2.63. The van der Waals surface area contributed by atoms with Crippen molar-refractivity contribution in [2.24, 2.45) is 0 Å². The molecule has 22 heavy (non-hydrogen) atoms. The van der Waals surface area contributed by atoms with Crippen LogP contribution in [0.3, 0.4) is 0 Å². The molecule has 5 nitrogen and oxygen atoms in total. The minimum atomic E-state index is -0.0933. The minimum absolute atomic E-state index is 0.0933. The van der Waals surface area contributed by atoms with E-state index < -0.39 is 0 Å². The van der Waals surface area contributed by atoms with Crippen LogP contribution < -0.4 is 5.56 Å². The van der Waals surface area contributed by atoms with Gasteiger partial charge in [0.15, 0.2) is 0 Å². The minimum Gasteiger partial charge on any atom is -0.306 e. The summed E-state index contributed by atoms with van der Waals surface area (Å²) in [7, 11) is 0. The first kappa shape index (κ1) is 13.0. The molecule has 0 aliphatic rings. The average Bonchev–Trinajstić information content (AvgIpc) is 3.12. The maximum Gasteiger partial charge on any atom is 0.260 e. The third kappa shape index (κ3) is 2.05. The smallest absolute Gasteiger partial charge is 0.260 e. The van der Waals surface area contributed by atoms with Gasteiger partial charge < -0.3 is 9.38 Å². The number of imidazole rings is 1. The molecule has 0 amide bonds. The van der Waals surface area contributed by atoms with Crippen LogP contribution in [0.1, 0.15) is 17.1 Å². The maximum absolute atomic E-state index is 12.1. The third-order valence-corrected chi connectivity index (χ3v) is 4.51. The molecule has 0 aliphatic carbocycles. The van der Waals surface area contributed by atoms with Gasteiger partial charge in [0.25, 0.3) is 5.56 Å². The van der Waals surface area contributed by atoms with Crippen molar-refractivity contribution in [3.63, 3.8) is 0 Å². The van der Waals surface area contributed by atoms with E-state index in [1.54, 1.807) is 6.20 Å². The molecule has 0 bridgehead atoms. The van der Waals surface area contributed by atoms with Crippen molar-refractivity contribution in [2.45, 2.75) is 6.92 Å². The second kappa shape index (κ2) is 4.92. The van der Waals surface area contributed by atoms with Gasteiger partial charge in [-0.05, 0) is 42.2 Å². The van der Waals surface area contributed by atoms with Gasteiger partial charge in [0, 0.05) is 18.1 Å². The summed E-state index contributed by atoms with van der Waals surface area (Å²) in [4.78, 5) is 24.4. The van der Waals surface area contributed by atoms with Crippen molar-refractivity contribution in [3.8, 4) is 0 Å². The van der Waals surface area contributed by atoms with Crippen LogP contribution in [0.25, 0.3) is 28.0 Å². The van der Waals surface area contributed by atoms with E-state index in [2.05, 4.69) is 15.0 Å². The van der Waals surface area contributed by atoms with Crippen LogP contribution in [-0.2, 0) is 0 Å². The van der Waals surface area contributed by atoms with Crippen LogP contribution in [0.4, 0.5) is 0 Å². The van der Waals surface area contributed by atoms with Gasteiger partial charge in [-0.15, -0.1) is 11.3 Å². The fourth-order valence-electron chi connectivity index (χ4n) is 2.45. The lowest BCUT2D eigenvalue weighted by Crippen LogP contribution is -2.09. The van der Waals surface area contributed by atoms with Crippen molar-refractivity contribution in [1.29, 1.82) is 0 Å². The fraction of sp³-hybridized carbons (Fsp3) is 0.0625. The second-order valence-electron chi connectivity index (χ2n) is 4.99. The molecule has 0 aliphatic heterocycles. The van der Waals surface area contributed by atoms with Crippen molar-refractivity contribution < 1.29 is 0 Å². The van der Waals surface area contributed by atoms with E-state index in [-0.39, 0.29) is 5.56 Å². The fourth-order valence-corrected chi connectivity index (χ4v) is 3.38. The van der Waals surface area contributed by atoms with Crippen LogP contribution in [0, 0.1) is 6.92 Å². The number of nitrogens with zero attached hydrogens (tertiary/aromatic N) is 3. The molecular formula is C16H12N4OS. The van der Waals surface area contributed by atoms with Crippen LogP contribution in [0.15, 0.2) is 40.8 Å². The summed E-state index contributed by atoms with van der Waals surface area (Å²) in [6.45, 7) is 1.92. The third-order valence-electron chi connectivity index (χ3n) is 3.52. The van der Waals surface area contributed by atoms with Crippen molar-refractivity contribution in [1.82, 2.24) is 19.4 Å². The van der Waals surface area contributed by atoms with E-state index >= 15 is 0 Å². The zero-order valence-corrected chi connectivity index (χ0v) is 12.6. The highest BCUT2D eigenvalue weighted by molar-refractivity contribution is 7.16. The van der Waals surface area contributed by atoms with Gasteiger partial charge in [-0.1, -0.05) is 6.07 Å². The Labute approximate surface area is 129 Å². The number of H-pyrrole nitrogens is 1. The molecule has 4 heterocycles. The highest BCUT2D eigenvalue weighted by Gasteiger charge is 2.07. The molecule has 0 unspecified atom stereocenters. The predicted molar refractivity (Wildman–Crippen MR) is 89.1 cm³/mol. The highest BCUT2D eigenvalue weighted by Crippen LogP contribution is 2.20. The van der Waals surface area contributed by atoms with E-state index in [9.17, 15) is 4.79 Å². The first-order chi connectivity index (χ1) is 10.7. The Bertz CT molecular complexity index is 1070. The van der Waals surface area contributed by atoms with Gasteiger partial charge in [0.05, 0.1) is 5.39 Å². The number of aryl methyl sites for hydroxylation is 1. The van der Waals surface area contributed by atoms with Crippen LogP contribution in [-0.4, -0.2) is 19.4 Å². The molecule has 0 radical (unpaired) electrons. The second-order valence-corrected chi connectivity index (χ2v) is 5.85. The lowest BCUT2D eigenvalue weighted by Gasteiger charge is -1.99. The Morgan fingerprint density at radius 1 is 1.32 bits per heavy atom. The van der Waals surface area contributed by atoms with E-state index in [1.165, 1.54) is 11.3 Å². The van der Waals surface area contributed by atoms with Crippen molar-refractivity contribution in [2.75, 3.05) is 0 Å². The Kier molecular flexibility index (Phi) is 2.90. The Morgan fingerprint density at radius 3 is 3.14 bits per heavy atom. The van der Waals surface area contributed by atoms with Crippen LogP contribution in [0.5, 0.6) is 0 Å². The summed E-state index contributed by atoms with van der Waals surface area (Å²) in [6.07, 6.45) is 7.38. The average molecular weight is 308 g/mol. The summed E-state index contributed by atoms with van der Waals surface area (Å²) < 4.78 is 1.97. The standard InChI is InChI=1S/C16H12N4OS/c1-10-9-22-16-14(10)15(21)18-12(19-16)6-5-11-3-2-4-13-17-7-8-20(11)13/h2-9H,1H3,(H,18,19,21). The van der Waals surface area contributed by atoms with E-state index in [0.29, 0.717) is 11.2 Å². The number of aromatic amines is 1. The number of fused-ring (bicyclic) bond motifs is 2. The first-order valence-corrected chi connectivity index (χ1v) is 7.68. The van der Waals surface area contributed by atoms with E-state index in [4.69, 9.17) is 0 Å². The quantitative estimate of drug-likeness (QED) is 0.619. The Hall–Kier alpha value is -2.73. The van der Waals surface area contributed by atoms with Crippen LogP contribution in [0.2, 0.25) is 0 Å². The number of hydrogen-bond donors (Lipinski definition) is 1.